The summed E-state index contributed by atoms with van der Waals surface area (Å²) in [6, 6.07) is 6.79. The molecular weight excluding hydrogens is 396 g/mol. The summed E-state index contributed by atoms with van der Waals surface area (Å²) in [6.45, 7) is 3.74. The summed E-state index contributed by atoms with van der Waals surface area (Å²) in [6.07, 6.45) is -0.0877. The average molecular weight is 425 g/mol. The number of likely N-dealkylation sites (N-methyl/N-ethyl adjacent to an activating group) is 1. The van der Waals surface area contributed by atoms with Gasteiger partial charge in [0.15, 0.2) is 0 Å². The Morgan fingerprint density at radius 3 is 2.17 bits per heavy atom. The standard InChI is InChI=1S/C20H28N2O6S/c1-12(2)9-15(22(3)19(26)16(29)11-17(23)24)18(25)21-14(20(27)28)10-13-7-5-4-6-8-13/h4-8,12,14-16,29H,9-11H2,1-3H3,(H,21,25)(H,23,24)(H,27,28)/t14?,15-,16?/m0/s1. The Bertz CT molecular complexity index is 725. The molecule has 3 atom stereocenters. The predicted octanol–water partition coefficient (Wildman–Crippen LogP) is 1.44. The molecule has 2 unspecified atom stereocenters. The van der Waals surface area contributed by atoms with Crippen LogP contribution in [-0.2, 0) is 25.6 Å². The monoisotopic (exact) mass is 424 g/mol. The Labute approximate surface area is 175 Å². The number of carbonyl (C=O) groups is 4. The van der Waals surface area contributed by atoms with Gasteiger partial charge < -0.3 is 20.4 Å². The van der Waals surface area contributed by atoms with E-state index in [2.05, 4.69) is 17.9 Å². The van der Waals surface area contributed by atoms with Gasteiger partial charge in [-0.15, -0.1) is 0 Å². The van der Waals surface area contributed by atoms with Crippen LogP contribution in [0.1, 0.15) is 32.3 Å². The first-order valence-electron chi connectivity index (χ1n) is 9.26. The Kier molecular flexibility index (Phi) is 9.67. The largest absolute Gasteiger partial charge is 0.481 e. The fourth-order valence-electron chi connectivity index (χ4n) is 2.85. The van der Waals surface area contributed by atoms with Gasteiger partial charge in [0.1, 0.15) is 12.1 Å². The highest BCUT2D eigenvalue weighted by Crippen LogP contribution is 2.16. The summed E-state index contributed by atoms with van der Waals surface area (Å²) in [5, 5.41) is 19.8. The number of rotatable bonds is 11. The topological polar surface area (TPSA) is 124 Å². The van der Waals surface area contributed by atoms with Crippen molar-refractivity contribution in [1.29, 1.82) is 0 Å². The van der Waals surface area contributed by atoms with Gasteiger partial charge in [-0.05, 0) is 17.9 Å². The molecule has 1 aromatic carbocycles. The van der Waals surface area contributed by atoms with Gasteiger partial charge in [-0.2, -0.15) is 12.6 Å². The molecule has 1 aromatic rings. The third-order valence-corrected chi connectivity index (χ3v) is 4.77. The van der Waals surface area contributed by atoms with Crippen LogP contribution in [0.25, 0.3) is 0 Å². The normalized spacial score (nSPS) is 14.0. The Balaban J connectivity index is 2.97. The molecule has 0 aliphatic rings. The first-order chi connectivity index (χ1) is 13.5. The lowest BCUT2D eigenvalue weighted by Gasteiger charge is -2.31. The van der Waals surface area contributed by atoms with Crippen LogP contribution in [0, 0.1) is 5.92 Å². The summed E-state index contributed by atoms with van der Waals surface area (Å²) < 4.78 is 0. The van der Waals surface area contributed by atoms with Crippen molar-refractivity contribution in [3.63, 3.8) is 0 Å². The number of nitrogens with zero attached hydrogens (tertiary/aromatic N) is 1. The van der Waals surface area contributed by atoms with Crippen molar-refractivity contribution in [2.75, 3.05) is 7.05 Å². The van der Waals surface area contributed by atoms with Gasteiger partial charge in [0.05, 0.1) is 11.7 Å². The molecule has 2 amide bonds. The van der Waals surface area contributed by atoms with Crippen LogP contribution in [0.5, 0.6) is 0 Å². The minimum absolute atomic E-state index is 0.0382. The van der Waals surface area contributed by atoms with Crippen molar-refractivity contribution in [3.8, 4) is 0 Å². The summed E-state index contributed by atoms with van der Waals surface area (Å²) in [7, 11) is 1.40. The highest BCUT2D eigenvalue weighted by molar-refractivity contribution is 7.81. The molecular formula is C20H28N2O6S. The van der Waals surface area contributed by atoms with Crippen LogP contribution in [0.4, 0.5) is 0 Å². The minimum Gasteiger partial charge on any atom is -0.481 e. The maximum absolute atomic E-state index is 12.9. The lowest BCUT2D eigenvalue weighted by molar-refractivity contribution is -0.145. The molecule has 8 nitrogen and oxygen atoms in total. The van der Waals surface area contributed by atoms with Crippen molar-refractivity contribution >= 4 is 36.4 Å². The number of carbonyl (C=O) groups excluding carboxylic acids is 2. The number of hydrogen-bond donors (Lipinski definition) is 4. The predicted molar refractivity (Wildman–Crippen MR) is 111 cm³/mol. The summed E-state index contributed by atoms with van der Waals surface area (Å²) >= 11 is 4.03. The van der Waals surface area contributed by atoms with Crippen LogP contribution < -0.4 is 5.32 Å². The van der Waals surface area contributed by atoms with Crippen molar-refractivity contribution in [2.24, 2.45) is 5.92 Å². The van der Waals surface area contributed by atoms with Gasteiger partial charge in [0.2, 0.25) is 11.8 Å². The number of carboxylic acid groups (broad SMARTS) is 2. The Morgan fingerprint density at radius 1 is 1.10 bits per heavy atom. The molecule has 3 N–H and O–H groups in total. The molecule has 0 aliphatic heterocycles. The number of amides is 2. The fraction of sp³-hybridized carbons (Fsp3) is 0.500. The van der Waals surface area contributed by atoms with Crippen LogP contribution >= 0.6 is 12.6 Å². The fourth-order valence-corrected chi connectivity index (χ4v) is 3.19. The Morgan fingerprint density at radius 2 is 1.69 bits per heavy atom. The van der Waals surface area contributed by atoms with E-state index in [1.807, 2.05) is 19.9 Å². The third-order valence-electron chi connectivity index (χ3n) is 4.36. The number of thiol groups is 1. The van der Waals surface area contributed by atoms with Crippen molar-refractivity contribution in [3.05, 3.63) is 35.9 Å². The molecule has 0 aromatic heterocycles. The summed E-state index contributed by atoms with van der Waals surface area (Å²) in [5.41, 5.74) is 0.752. The van der Waals surface area contributed by atoms with E-state index in [0.717, 1.165) is 10.5 Å². The van der Waals surface area contributed by atoms with E-state index < -0.39 is 47.5 Å². The second-order valence-electron chi connectivity index (χ2n) is 7.30. The maximum Gasteiger partial charge on any atom is 0.326 e. The van der Waals surface area contributed by atoms with Crippen LogP contribution in [0.15, 0.2) is 30.3 Å². The van der Waals surface area contributed by atoms with Gasteiger partial charge in [0, 0.05) is 13.5 Å². The zero-order valence-electron chi connectivity index (χ0n) is 16.7. The lowest BCUT2D eigenvalue weighted by atomic mass is 10.00. The molecule has 0 saturated heterocycles. The molecule has 29 heavy (non-hydrogen) atoms. The van der Waals surface area contributed by atoms with Gasteiger partial charge in [-0.1, -0.05) is 44.2 Å². The molecule has 1 rings (SSSR count). The highest BCUT2D eigenvalue weighted by atomic mass is 32.1. The van der Waals surface area contributed by atoms with Crippen molar-refractivity contribution in [1.82, 2.24) is 10.2 Å². The van der Waals surface area contributed by atoms with Crippen LogP contribution in [0.2, 0.25) is 0 Å². The summed E-state index contributed by atoms with van der Waals surface area (Å²) in [4.78, 5) is 49.0. The number of nitrogens with one attached hydrogen (secondary N) is 1. The van der Waals surface area contributed by atoms with E-state index in [0.29, 0.717) is 6.42 Å². The van der Waals surface area contributed by atoms with Gasteiger partial charge in [-0.25, -0.2) is 4.79 Å². The van der Waals surface area contributed by atoms with Crippen LogP contribution in [0.3, 0.4) is 0 Å². The zero-order chi connectivity index (χ0) is 22.1. The highest BCUT2D eigenvalue weighted by Gasteiger charge is 2.33. The van der Waals surface area contributed by atoms with Gasteiger partial charge >= 0.3 is 11.9 Å². The number of aliphatic carboxylic acids is 2. The molecule has 0 bridgehead atoms. The van der Waals surface area contributed by atoms with Crippen molar-refractivity contribution < 1.29 is 29.4 Å². The molecule has 0 aliphatic carbocycles. The number of hydrogen-bond acceptors (Lipinski definition) is 5. The van der Waals surface area contributed by atoms with Gasteiger partial charge in [-0.3, -0.25) is 14.4 Å². The van der Waals surface area contributed by atoms with E-state index in [-0.39, 0.29) is 12.3 Å². The lowest BCUT2D eigenvalue weighted by Crippen LogP contribution is -2.54. The molecule has 0 saturated carbocycles. The van der Waals surface area contributed by atoms with Crippen LogP contribution in [-0.4, -0.2) is 63.2 Å². The molecule has 0 spiro atoms. The molecule has 160 valence electrons. The SMILES string of the molecule is CC(C)C[C@@H](C(=O)NC(Cc1ccccc1)C(=O)O)N(C)C(=O)C(S)CC(=O)O. The number of carboxylic acids is 2. The maximum atomic E-state index is 12.9. The van der Waals surface area contributed by atoms with E-state index in [1.54, 1.807) is 24.3 Å². The van der Waals surface area contributed by atoms with Gasteiger partial charge in [0.25, 0.3) is 0 Å². The first-order valence-corrected chi connectivity index (χ1v) is 9.78. The second-order valence-corrected chi connectivity index (χ2v) is 7.92. The molecule has 9 heteroatoms. The minimum atomic E-state index is -1.18. The zero-order valence-corrected chi connectivity index (χ0v) is 17.6. The second kappa shape index (κ2) is 11.5. The molecule has 0 radical (unpaired) electrons. The Hall–Kier alpha value is -2.55. The molecule has 0 heterocycles. The smallest absolute Gasteiger partial charge is 0.326 e. The van der Waals surface area contributed by atoms with E-state index in [1.165, 1.54) is 7.05 Å². The van der Waals surface area contributed by atoms with E-state index in [4.69, 9.17) is 5.11 Å². The van der Waals surface area contributed by atoms with E-state index >= 15 is 0 Å². The van der Waals surface area contributed by atoms with Crippen molar-refractivity contribution in [2.45, 2.75) is 50.4 Å². The van der Waals surface area contributed by atoms with E-state index in [9.17, 15) is 24.3 Å². The summed E-state index contributed by atoms with van der Waals surface area (Å²) in [5.74, 6) is -3.53. The first kappa shape index (κ1) is 24.5. The number of benzene rings is 1. The third kappa shape index (κ3) is 8.15. The molecule has 0 fully saturated rings. The average Bonchev–Trinajstić information content (AvgIpc) is 2.64. The quantitative estimate of drug-likeness (QED) is 0.399.